The van der Waals surface area contributed by atoms with Gasteiger partial charge in [-0.2, -0.15) is 0 Å². The van der Waals surface area contributed by atoms with E-state index in [0.29, 0.717) is 0 Å². The molecule has 0 radical (unpaired) electrons. The molecule has 0 aliphatic rings. The van der Waals surface area contributed by atoms with Gasteiger partial charge in [-0.15, -0.1) is 11.8 Å². The Hall–Kier alpha value is -0.500. The zero-order valence-corrected chi connectivity index (χ0v) is 15.9. The molecule has 0 fully saturated rings. The number of rotatable bonds is 2. The number of nitrogens with zero attached hydrogens (tertiary/aromatic N) is 1. The summed E-state index contributed by atoms with van der Waals surface area (Å²) in [5.41, 5.74) is 5.11. The third kappa shape index (κ3) is 7.61. The smallest absolute Gasteiger partial charge is 0.0419 e. The van der Waals surface area contributed by atoms with Crippen LogP contribution in [0.2, 0.25) is 0 Å². The van der Waals surface area contributed by atoms with E-state index in [-0.39, 0.29) is 0 Å². The van der Waals surface area contributed by atoms with Crippen molar-refractivity contribution in [2.75, 3.05) is 6.26 Å². The Bertz CT molecular complexity index is 320. The molecule has 0 saturated carbocycles. The molecule has 1 heterocycles. The van der Waals surface area contributed by atoms with Crippen molar-refractivity contribution in [1.29, 1.82) is 0 Å². The molecule has 0 aliphatic heterocycles. The Morgan fingerprint density at radius 1 is 0.842 bits per heavy atom. The lowest BCUT2D eigenvalue weighted by atomic mass is 10.1. The first-order chi connectivity index (χ1) is 9.11. The summed E-state index contributed by atoms with van der Waals surface area (Å²) < 4.78 is 0. The lowest BCUT2D eigenvalue weighted by Gasteiger charge is -2.13. The van der Waals surface area contributed by atoms with Crippen LogP contribution in [0.5, 0.6) is 0 Å². The van der Waals surface area contributed by atoms with Gasteiger partial charge in [0.2, 0.25) is 0 Å². The number of aryl methyl sites for hydroxylation is 2. The Balaban J connectivity index is -0.000000375. The predicted molar refractivity (Wildman–Crippen MR) is 93.7 cm³/mol. The normalized spacial score (nSPS) is 8.16. The molecule has 0 atom stereocenters. The first-order valence-corrected chi connectivity index (χ1v) is 8.84. The summed E-state index contributed by atoms with van der Waals surface area (Å²) in [4.78, 5) is 5.96. The Labute approximate surface area is 126 Å². The summed E-state index contributed by atoms with van der Waals surface area (Å²) in [6, 6.07) is 0. The fraction of sp³-hybridized carbons (Fsp3) is 0.706. The molecule has 1 nitrogen and oxygen atoms in total. The van der Waals surface area contributed by atoms with Crippen LogP contribution in [-0.2, 0) is 6.42 Å². The van der Waals surface area contributed by atoms with E-state index >= 15 is 0 Å². The average Bonchev–Trinajstić information content (AvgIpc) is 2.48. The highest BCUT2D eigenvalue weighted by Crippen LogP contribution is 2.28. The van der Waals surface area contributed by atoms with E-state index in [1.54, 1.807) is 0 Å². The van der Waals surface area contributed by atoms with Gasteiger partial charge >= 0.3 is 0 Å². The molecule has 0 aromatic carbocycles. The third-order valence-electron chi connectivity index (χ3n) is 2.49. The molecule has 0 aliphatic carbocycles. The van der Waals surface area contributed by atoms with Crippen molar-refractivity contribution in [3.8, 4) is 0 Å². The van der Waals surface area contributed by atoms with E-state index in [1.165, 1.54) is 27.4 Å². The highest BCUT2D eigenvalue weighted by Gasteiger charge is 2.09. The van der Waals surface area contributed by atoms with E-state index in [0.717, 1.165) is 6.42 Å². The van der Waals surface area contributed by atoms with Gasteiger partial charge in [0.25, 0.3) is 0 Å². The van der Waals surface area contributed by atoms with Crippen LogP contribution in [0.25, 0.3) is 0 Å². The minimum absolute atomic E-state index is 1.08. The van der Waals surface area contributed by atoms with Gasteiger partial charge in [-0.05, 0) is 44.6 Å². The second-order valence-corrected chi connectivity index (χ2v) is 4.09. The molecule has 1 aromatic heterocycles. The molecule has 0 spiro atoms. The fourth-order valence-electron chi connectivity index (χ4n) is 1.65. The standard InChI is InChI=1S/C11H17NS.3C2H6/c1-6-10-9(4)12-8(3)7(2)11(10)13-5;3*1-2/h6H2,1-5H3;3*1-2H3. The molecule has 1 aromatic rings. The summed E-state index contributed by atoms with van der Waals surface area (Å²) in [6.45, 7) is 20.5. The van der Waals surface area contributed by atoms with Crippen LogP contribution in [0, 0.1) is 20.8 Å². The summed E-state index contributed by atoms with van der Waals surface area (Å²) in [7, 11) is 0. The predicted octanol–water partition coefficient (Wildman–Crippen LogP) is 6.37. The van der Waals surface area contributed by atoms with Crippen LogP contribution in [-0.4, -0.2) is 11.2 Å². The van der Waals surface area contributed by atoms with Crippen molar-refractivity contribution in [2.45, 2.75) is 80.6 Å². The van der Waals surface area contributed by atoms with Crippen molar-refractivity contribution in [2.24, 2.45) is 0 Å². The maximum absolute atomic E-state index is 4.54. The van der Waals surface area contributed by atoms with E-state index in [9.17, 15) is 0 Å². The first-order valence-electron chi connectivity index (χ1n) is 7.62. The zero-order chi connectivity index (χ0) is 16.0. The molecular weight excluding hydrogens is 250 g/mol. The number of thioether (sulfide) groups is 1. The highest BCUT2D eigenvalue weighted by molar-refractivity contribution is 7.98. The van der Waals surface area contributed by atoms with Crippen molar-refractivity contribution < 1.29 is 0 Å². The van der Waals surface area contributed by atoms with Crippen molar-refractivity contribution in [3.05, 3.63) is 22.5 Å². The van der Waals surface area contributed by atoms with Crippen molar-refractivity contribution in [3.63, 3.8) is 0 Å². The molecule has 19 heavy (non-hydrogen) atoms. The maximum atomic E-state index is 4.54. The van der Waals surface area contributed by atoms with Gasteiger partial charge in [-0.1, -0.05) is 48.5 Å². The lowest BCUT2D eigenvalue weighted by molar-refractivity contribution is 0.946. The molecule has 0 saturated heterocycles. The van der Waals surface area contributed by atoms with Crippen LogP contribution in [0.15, 0.2) is 4.90 Å². The van der Waals surface area contributed by atoms with E-state index in [4.69, 9.17) is 0 Å². The van der Waals surface area contributed by atoms with Gasteiger partial charge in [0.05, 0.1) is 0 Å². The van der Waals surface area contributed by atoms with Gasteiger partial charge in [0.15, 0.2) is 0 Å². The minimum atomic E-state index is 1.08. The third-order valence-corrected chi connectivity index (χ3v) is 3.45. The Morgan fingerprint density at radius 3 is 1.58 bits per heavy atom. The molecule has 114 valence electrons. The van der Waals surface area contributed by atoms with E-state index < -0.39 is 0 Å². The molecule has 0 bridgehead atoms. The SMILES string of the molecule is CC.CC.CC.CCc1c(C)nc(C)c(C)c1SC. The number of aromatic nitrogens is 1. The molecule has 0 unspecified atom stereocenters. The van der Waals surface area contributed by atoms with Gasteiger partial charge in [0, 0.05) is 16.3 Å². The van der Waals surface area contributed by atoms with E-state index in [1.807, 2.05) is 53.3 Å². The van der Waals surface area contributed by atoms with Gasteiger partial charge in [0.1, 0.15) is 0 Å². The van der Waals surface area contributed by atoms with Gasteiger partial charge in [-0.25, -0.2) is 0 Å². The van der Waals surface area contributed by atoms with Gasteiger partial charge < -0.3 is 0 Å². The van der Waals surface area contributed by atoms with Crippen LogP contribution in [0.4, 0.5) is 0 Å². The monoisotopic (exact) mass is 285 g/mol. The van der Waals surface area contributed by atoms with Crippen LogP contribution in [0.3, 0.4) is 0 Å². The van der Waals surface area contributed by atoms with Crippen molar-refractivity contribution >= 4 is 11.8 Å². The summed E-state index contributed by atoms with van der Waals surface area (Å²) >= 11 is 1.83. The Kier molecular flexibility index (Phi) is 19.3. The zero-order valence-electron chi connectivity index (χ0n) is 15.1. The number of hydrogen-bond acceptors (Lipinski definition) is 2. The van der Waals surface area contributed by atoms with Gasteiger partial charge in [-0.3, -0.25) is 4.98 Å². The first kappa shape index (κ1) is 23.6. The quantitative estimate of drug-likeness (QED) is 0.585. The average molecular weight is 286 g/mol. The summed E-state index contributed by atoms with van der Waals surface area (Å²) in [5, 5.41) is 0. The largest absolute Gasteiger partial charge is 0.258 e. The topological polar surface area (TPSA) is 12.9 Å². The summed E-state index contributed by atoms with van der Waals surface area (Å²) in [5.74, 6) is 0. The second-order valence-electron chi connectivity index (χ2n) is 3.27. The van der Waals surface area contributed by atoms with Crippen molar-refractivity contribution in [1.82, 2.24) is 4.98 Å². The maximum Gasteiger partial charge on any atom is 0.0419 e. The van der Waals surface area contributed by atoms with E-state index in [2.05, 4.69) is 38.9 Å². The van der Waals surface area contributed by atoms with Crippen LogP contribution in [0.1, 0.15) is 71.0 Å². The fourth-order valence-corrected chi connectivity index (χ4v) is 2.64. The lowest BCUT2D eigenvalue weighted by Crippen LogP contribution is -2.00. The van der Waals surface area contributed by atoms with Crippen LogP contribution >= 0.6 is 11.8 Å². The number of pyridine rings is 1. The Morgan fingerprint density at radius 2 is 1.26 bits per heavy atom. The summed E-state index contributed by atoms with van der Waals surface area (Å²) in [6.07, 6.45) is 3.22. The molecule has 2 heteroatoms. The molecular formula is C17H35NS. The minimum Gasteiger partial charge on any atom is -0.258 e. The number of hydrogen-bond donors (Lipinski definition) is 0. The molecule has 0 amide bonds. The highest BCUT2D eigenvalue weighted by atomic mass is 32.2. The van der Waals surface area contributed by atoms with Crippen LogP contribution < -0.4 is 0 Å². The second kappa shape index (κ2) is 15.6. The molecule has 0 N–H and O–H groups in total. The molecule has 1 rings (SSSR count).